The first-order valence-corrected chi connectivity index (χ1v) is 11.1. The summed E-state index contributed by atoms with van der Waals surface area (Å²) in [6, 6.07) is 9.95. The quantitative estimate of drug-likeness (QED) is 0.631. The summed E-state index contributed by atoms with van der Waals surface area (Å²) in [6.45, 7) is 0.280. The van der Waals surface area contributed by atoms with E-state index in [1.54, 1.807) is 0 Å². The van der Waals surface area contributed by atoms with Gasteiger partial charge < -0.3 is 23.7 Å². The molecule has 0 radical (unpaired) electrons. The van der Waals surface area contributed by atoms with Crippen molar-refractivity contribution in [2.45, 2.75) is 24.5 Å². The number of fused-ring (bicyclic) bond motifs is 2. The number of nitrogens with zero attached hydrogens (tertiary/aromatic N) is 1. The lowest BCUT2D eigenvalue weighted by atomic mass is 9.69. The Labute approximate surface area is 196 Å². The second-order valence-electron chi connectivity index (χ2n) is 8.38. The lowest BCUT2D eigenvalue weighted by Crippen LogP contribution is -2.42. The minimum absolute atomic E-state index is 0.109. The molecule has 7 nitrogen and oxygen atoms in total. The summed E-state index contributed by atoms with van der Waals surface area (Å²) < 4.78 is 28.5. The van der Waals surface area contributed by atoms with Crippen molar-refractivity contribution in [3.05, 3.63) is 76.4 Å². The third kappa shape index (κ3) is 2.86. The van der Waals surface area contributed by atoms with Crippen molar-refractivity contribution in [1.29, 1.82) is 5.26 Å². The molecule has 170 valence electrons. The average molecular weight is 455 g/mol. The standard InChI is InChI=1S/C27H21NO6/c1-30-26(29)24-19(5-3-11-28)20(16-8-10-21-22(13-16)32-14-31-21)12-17-7-9-18-4-2-6-23-27(18,25(17)24)34-15-33-23/h2,4,6-10,12-13,23H,3,5,14-15H2,1H3. The summed E-state index contributed by atoms with van der Waals surface area (Å²) >= 11 is 0. The lowest BCUT2D eigenvalue weighted by molar-refractivity contribution is 0.00936. The van der Waals surface area contributed by atoms with Crippen LogP contribution in [0, 0.1) is 11.3 Å². The number of nitriles is 1. The molecule has 7 heteroatoms. The van der Waals surface area contributed by atoms with Crippen LogP contribution in [-0.2, 0) is 26.2 Å². The molecule has 1 fully saturated rings. The monoisotopic (exact) mass is 455 g/mol. The highest BCUT2D eigenvalue weighted by Crippen LogP contribution is 2.52. The van der Waals surface area contributed by atoms with Gasteiger partial charge in [0.1, 0.15) is 12.9 Å². The molecular formula is C27H21NO6. The Morgan fingerprint density at radius 3 is 2.94 bits per heavy atom. The minimum Gasteiger partial charge on any atom is -0.465 e. The van der Waals surface area contributed by atoms with Crippen molar-refractivity contribution < 1.29 is 28.5 Å². The molecule has 2 heterocycles. The summed E-state index contributed by atoms with van der Waals surface area (Å²) in [7, 11) is 1.37. The SMILES string of the molecule is COC(=O)c1c(CCC#N)c(-c2ccc3c(c2)OCO3)cc2c1C13OCOC1C=CC=C3C=C2. The predicted molar refractivity (Wildman–Crippen MR) is 122 cm³/mol. The molecule has 0 saturated carbocycles. The Hall–Kier alpha value is -3.86. The molecule has 2 atom stereocenters. The maximum atomic E-state index is 13.4. The van der Waals surface area contributed by atoms with Crippen LogP contribution in [-0.4, -0.2) is 32.8 Å². The molecule has 0 aromatic heterocycles. The topological polar surface area (TPSA) is 87.0 Å². The fourth-order valence-electron chi connectivity index (χ4n) is 5.31. The van der Waals surface area contributed by atoms with E-state index >= 15 is 0 Å². The second-order valence-corrected chi connectivity index (χ2v) is 8.38. The highest BCUT2D eigenvalue weighted by Gasteiger charge is 2.53. The summed E-state index contributed by atoms with van der Waals surface area (Å²) in [5.74, 6) is 0.848. The van der Waals surface area contributed by atoms with Crippen LogP contribution in [0.3, 0.4) is 0 Å². The van der Waals surface area contributed by atoms with Gasteiger partial charge >= 0.3 is 5.97 Å². The molecule has 34 heavy (non-hydrogen) atoms. The molecule has 2 aliphatic heterocycles. The highest BCUT2D eigenvalue weighted by molar-refractivity contribution is 5.98. The van der Waals surface area contributed by atoms with Gasteiger partial charge in [0.15, 0.2) is 17.1 Å². The van der Waals surface area contributed by atoms with E-state index in [-0.39, 0.29) is 26.1 Å². The number of rotatable bonds is 4. The third-order valence-corrected chi connectivity index (χ3v) is 6.76. The van der Waals surface area contributed by atoms with Crippen LogP contribution in [0.5, 0.6) is 11.5 Å². The molecule has 0 amide bonds. The van der Waals surface area contributed by atoms with Crippen molar-refractivity contribution in [3.8, 4) is 28.7 Å². The smallest absolute Gasteiger partial charge is 0.338 e. The van der Waals surface area contributed by atoms with E-state index in [9.17, 15) is 10.1 Å². The number of ether oxygens (including phenoxy) is 5. The molecule has 4 aliphatic rings. The first-order valence-electron chi connectivity index (χ1n) is 11.1. The molecule has 2 aromatic carbocycles. The number of allylic oxidation sites excluding steroid dienone is 2. The van der Waals surface area contributed by atoms with Gasteiger partial charge in [0.05, 0.1) is 18.7 Å². The van der Waals surface area contributed by atoms with E-state index in [4.69, 9.17) is 23.7 Å². The Kier molecular flexibility index (Phi) is 4.80. The number of esters is 1. The van der Waals surface area contributed by atoms with Crippen molar-refractivity contribution >= 4 is 12.0 Å². The van der Waals surface area contributed by atoms with Crippen LogP contribution in [0.15, 0.2) is 54.1 Å². The number of carbonyl (C=O) groups is 1. The second kappa shape index (κ2) is 7.87. The van der Waals surface area contributed by atoms with Gasteiger partial charge in [-0.25, -0.2) is 4.79 Å². The van der Waals surface area contributed by atoms with E-state index in [0.29, 0.717) is 23.5 Å². The zero-order valence-corrected chi connectivity index (χ0v) is 18.5. The van der Waals surface area contributed by atoms with Crippen LogP contribution in [0.1, 0.15) is 33.5 Å². The van der Waals surface area contributed by atoms with Crippen LogP contribution >= 0.6 is 0 Å². The van der Waals surface area contributed by atoms with Crippen LogP contribution < -0.4 is 9.47 Å². The predicted octanol–water partition coefficient (Wildman–Crippen LogP) is 4.42. The summed E-state index contributed by atoms with van der Waals surface area (Å²) in [5.41, 5.74) is 4.38. The van der Waals surface area contributed by atoms with E-state index < -0.39 is 11.6 Å². The van der Waals surface area contributed by atoms with Crippen molar-refractivity contribution in [2.75, 3.05) is 20.7 Å². The average Bonchev–Trinajstić information content (AvgIpc) is 3.52. The van der Waals surface area contributed by atoms with Gasteiger partial charge in [-0.1, -0.05) is 36.4 Å². The molecule has 1 spiro atoms. The number of hydrogen-bond acceptors (Lipinski definition) is 7. The Morgan fingerprint density at radius 1 is 1.21 bits per heavy atom. The maximum absolute atomic E-state index is 13.4. The first kappa shape index (κ1) is 20.7. The Balaban J connectivity index is 1.66. The molecule has 1 saturated heterocycles. The molecular weight excluding hydrogens is 434 g/mol. The number of methoxy groups -OCH3 is 1. The molecule has 2 unspecified atom stereocenters. The lowest BCUT2D eigenvalue weighted by Gasteiger charge is -2.40. The molecule has 2 aliphatic carbocycles. The molecule has 2 aromatic rings. The largest absolute Gasteiger partial charge is 0.465 e. The Morgan fingerprint density at radius 2 is 2.09 bits per heavy atom. The summed E-state index contributed by atoms with van der Waals surface area (Å²) in [6.07, 6.45) is 10.1. The number of carbonyl (C=O) groups excluding carboxylic acids is 1. The van der Waals surface area contributed by atoms with Gasteiger partial charge in [0, 0.05) is 12.0 Å². The number of hydrogen-bond donors (Lipinski definition) is 0. The van der Waals surface area contributed by atoms with Gasteiger partial charge in [0.2, 0.25) is 6.79 Å². The van der Waals surface area contributed by atoms with E-state index in [1.807, 2.05) is 54.6 Å². The fourth-order valence-corrected chi connectivity index (χ4v) is 5.31. The highest BCUT2D eigenvalue weighted by atomic mass is 16.7. The maximum Gasteiger partial charge on any atom is 0.338 e. The third-order valence-electron chi connectivity index (χ3n) is 6.76. The van der Waals surface area contributed by atoms with Gasteiger partial charge in [-0.2, -0.15) is 5.26 Å². The van der Waals surface area contributed by atoms with Gasteiger partial charge in [-0.3, -0.25) is 0 Å². The van der Waals surface area contributed by atoms with Gasteiger partial charge in [-0.05, 0) is 52.4 Å². The van der Waals surface area contributed by atoms with Gasteiger partial charge in [0.25, 0.3) is 0 Å². The van der Waals surface area contributed by atoms with Crippen LogP contribution in [0.2, 0.25) is 0 Å². The van der Waals surface area contributed by atoms with Crippen molar-refractivity contribution in [3.63, 3.8) is 0 Å². The van der Waals surface area contributed by atoms with E-state index in [0.717, 1.165) is 33.4 Å². The van der Waals surface area contributed by atoms with E-state index in [1.165, 1.54) is 7.11 Å². The molecule has 0 N–H and O–H groups in total. The zero-order chi connectivity index (χ0) is 23.3. The first-order chi connectivity index (χ1) is 16.7. The Bertz CT molecular complexity index is 1350. The van der Waals surface area contributed by atoms with Crippen LogP contribution in [0.4, 0.5) is 0 Å². The van der Waals surface area contributed by atoms with Crippen LogP contribution in [0.25, 0.3) is 17.2 Å². The van der Waals surface area contributed by atoms with Crippen molar-refractivity contribution in [2.24, 2.45) is 0 Å². The number of benzene rings is 2. The fraction of sp³-hybridized carbons (Fsp3) is 0.259. The normalized spacial score (nSPS) is 22.9. The summed E-state index contributed by atoms with van der Waals surface area (Å²) in [4.78, 5) is 13.4. The molecule has 6 rings (SSSR count). The molecule has 0 bridgehead atoms. The minimum atomic E-state index is -0.947. The summed E-state index contributed by atoms with van der Waals surface area (Å²) in [5, 5.41) is 9.40. The van der Waals surface area contributed by atoms with Gasteiger partial charge in [-0.15, -0.1) is 0 Å². The van der Waals surface area contributed by atoms with Crippen molar-refractivity contribution in [1.82, 2.24) is 0 Å². The zero-order valence-electron chi connectivity index (χ0n) is 18.5. The van der Waals surface area contributed by atoms with E-state index in [2.05, 4.69) is 6.07 Å².